The van der Waals surface area contributed by atoms with Crippen LogP contribution in [-0.2, 0) is 9.59 Å². The SMILES string of the molecule is CNC(C=O)C(C)(C)SSC[C@@H](C=O)NC. The van der Waals surface area contributed by atoms with Crippen LogP contribution in [0.1, 0.15) is 13.8 Å². The second kappa shape index (κ2) is 8.11. The molecule has 0 saturated carbocycles. The third-order valence-corrected chi connectivity index (χ3v) is 5.60. The van der Waals surface area contributed by atoms with E-state index in [9.17, 15) is 9.59 Å². The summed E-state index contributed by atoms with van der Waals surface area (Å²) in [6.45, 7) is 4.02. The van der Waals surface area contributed by atoms with Gasteiger partial charge < -0.3 is 20.2 Å². The zero-order valence-electron chi connectivity index (χ0n) is 10.1. The minimum absolute atomic E-state index is 0.127. The van der Waals surface area contributed by atoms with Crippen LogP contribution in [0.3, 0.4) is 0 Å². The van der Waals surface area contributed by atoms with Gasteiger partial charge in [-0.3, -0.25) is 0 Å². The Hall–Kier alpha value is -0.0400. The van der Waals surface area contributed by atoms with Crippen molar-refractivity contribution in [3.8, 4) is 0 Å². The number of carbonyl (C=O) groups is 2. The zero-order chi connectivity index (χ0) is 12.6. The molecule has 16 heavy (non-hydrogen) atoms. The maximum absolute atomic E-state index is 10.8. The van der Waals surface area contributed by atoms with Crippen LogP contribution in [0.15, 0.2) is 0 Å². The first kappa shape index (κ1) is 16.0. The van der Waals surface area contributed by atoms with Crippen molar-refractivity contribution in [1.29, 1.82) is 0 Å². The Morgan fingerprint density at radius 1 is 1.19 bits per heavy atom. The highest BCUT2D eigenvalue weighted by molar-refractivity contribution is 8.77. The summed E-state index contributed by atoms with van der Waals surface area (Å²) in [6, 6.07) is -0.313. The van der Waals surface area contributed by atoms with Crippen LogP contribution in [0.4, 0.5) is 0 Å². The van der Waals surface area contributed by atoms with Crippen molar-refractivity contribution in [1.82, 2.24) is 10.6 Å². The highest BCUT2D eigenvalue weighted by Gasteiger charge is 2.29. The van der Waals surface area contributed by atoms with Crippen LogP contribution >= 0.6 is 21.6 Å². The third-order valence-electron chi connectivity index (χ3n) is 2.25. The Morgan fingerprint density at radius 3 is 2.19 bits per heavy atom. The normalized spacial score (nSPS) is 15.5. The monoisotopic (exact) mass is 264 g/mol. The Balaban J connectivity index is 4.07. The van der Waals surface area contributed by atoms with Gasteiger partial charge >= 0.3 is 0 Å². The second-order valence-electron chi connectivity index (χ2n) is 3.90. The van der Waals surface area contributed by atoms with E-state index in [1.807, 2.05) is 13.8 Å². The Bertz CT molecular complexity index is 225. The lowest BCUT2D eigenvalue weighted by Gasteiger charge is -2.29. The molecule has 0 bridgehead atoms. The average Bonchev–Trinajstić information content (AvgIpc) is 2.25. The standard InChI is InChI=1S/C10H20N2O2S2/c1-10(2,9(6-14)12-4)16-15-7-8(5-13)11-3/h5-6,8-9,11-12H,7H2,1-4H3/t8-,9?/m1/s1. The lowest BCUT2D eigenvalue weighted by atomic mass is 10.1. The Labute approximate surface area is 105 Å². The molecule has 1 unspecified atom stereocenters. The zero-order valence-corrected chi connectivity index (χ0v) is 11.8. The molecule has 94 valence electrons. The fourth-order valence-corrected chi connectivity index (χ4v) is 3.99. The van der Waals surface area contributed by atoms with Crippen molar-refractivity contribution in [3.05, 3.63) is 0 Å². The maximum Gasteiger partial charge on any atom is 0.138 e. The van der Waals surface area contributed by atoms with Gasteiger partial charge in [-0.25, -0.2) is 0 Å². The number of likely N-dealkylation sites (N-methyl/N-ethyl adjacent to an activating group) is 2. The van der Waals surface area contributed by atoms with Crippen LogP contribution in [0, 0.1) is 0 Å². The molecule has 0 saturated heterocycles. The van der Waals surface area contributed by atoms with E-state index >= 15 is 0 Å². The first-order valence-corrected chi connectivity index (χ1v) is 7.39. The molecule has 0 aliphatic heterocycles. The number of hydrogen-bond donors (Lipinski definition) is 2. The van der Waals surface area contributed by atoms with E-state index in [0.717, 1.165) is 12.6 Å². The minimum atomic E-state index is -0.192. The predicted molar refractivity (Wildman–Crippen MR) is 72.0 cm³/mol. The van der Waals surface area contributed by atoms with E-state index in [1.165, 1.54) is 0 Å². The number of rotatable bonds is 9. The molecule has 0 aliphatic rings. The van der Waals surface area contributed by atoms with E-state index in [0.29, 0.717) is 5.75 Å². The smallest absolute Gasteiger partial charge is 0.138 e. The molecule has 0 aromatic rings. The predicted octanol–water partition coefficient (Wildman–Crippen LogP) is 0.720. The molecule has 2 atom stereocenters. The lowest BCUT2D eigenvalue weighted by Crippen LogP contribution is -2.43. The number of carbonyl (C=O) groups excluding carboxylic acids is 2. The molecule has 0 fully saturated rings. The van der Waals surface area contributed by atoms with E-state index in [4.69, 9.17) is 0 Å². The molecule has 6 heteroatoms. The summed E-state index contributed by atoms with van der Waals surface area (Å²) < 4.78 is -0.192. The van der Waals surface area contributed by atoms with Gasteiger partial charge in [0, 0.05) is 10.5 Å². The van der Waals surface area contributed by atoms with Crippen molar-refractivity contribution in [2.75, 3.05) is 19.8 Å². The van der Waals surface area contributed by atoms with Crippen LogP contribution in [-0.4, -0.2) is 49.3 Å². The number of aldehydes is 2. The van der Waals surface area contributed by atoms with E-state index in [1.54, 1.807) is 35.7 Å². The first-order valence-electron chi connectivity index (χ1n) is 5.07. The number of hydrogen-bond acceptors (Lipinski definition) is 6. The highest BCUT2D eigenvalue weighted by Crippen LogP contribution is 2.37. The fraction of sp³-hybridized carbons (Fsp3) is 0.800. The average molecular weight is 264 g/mol. The van der Waals surface area contributed by atoms with E-state index < -0.39 is 0 Å². The van der Waals surface area contributed by atoms with Crippen molar-refractivity contribution >= 4 is 34.2 Å². The summed E-state index contributed by atoms with van der Waals surface area (Å²) in [5.74, 6) is 0.698. The van der Waals surface area contributed by atoms with Gasteiger partial charge in [-0.2, -0.15) is 0 Å². The van der Waals surface area contributed by atoms with Crippen molar-refractivity contribution in [2.45, 2.75) is 30.7 Å². The molecule has 0 aromatic carbocycles. The van der Waals surface area contributed by atoms with Crippen LogP contribution < -0.4 is 10.6 Å². The summed E-state index contributed by atoms with van der Waals surface area (Å²) >= 11 is 0. The minimum Gasteiger partial charge on any atom is -0.310 e. The van der Waals surface area contributed by atoms with Crippen LogP contribution in [0.2, 0.25) is 0 Å². The Kier molecular flexibility index (Phi) is 8.09. The highest BCUT2D eigenvalue weighted by atomic mass is 33.1. The fourth-order valence-electron chi connectivity index (χ4n) is 1.08. The maximum atomic E-state index is 10.8. The molecule has 2 N–H and O–H groups in total. The quantitative estimate of drug-likeness (QED) is 0.473. The summed E-state index contributed by atoms with van der Waals surface area (Å²) in [5.41, 5.74) is 0. The van der Waals surface area contributed by atoms with Crippen LogP contribution in [0.5, 0.6) is 0 Å². The summed E-state index contributed by atoms with van der Waals surface area (Å²) in [6.07, 6.45) is 1.82. The van der Waals surface area contributed by atoms with Crippen molar-refractivity contribution in [2.24, 2.45) is 0 Å². The first-order chi connectivity index (χ1) is 7.51. The molecule has 0 amide bonds. The van der Waals surface area contributed by atoms with Gasteiger partial charge in [0.15, 0.2) is 0 Å². The largest absolute Gasteiger partial charge is 0.310 e. The van der Waals surface area contributed by atoms with Gasteiger partial charge in [-0.15, -0.1) is 0 Å². The molecular formula is C10H20N2O2S2. The van der Waals surface area contributed by atoms with Gasteiger partial charge in [0.1, 0.15) is 12.6 Å². The van der Waals surface area contributed by atoms with E-state index in [-0.39, 0.29) is 16.8 Å². The van der Waals surface area contributed by atoms with E-state index in [2.05, 4.69) is 10.6 Å². The molecule has 0 spiro atoms. The van der Waals surface area contributed by atoms with Crippen molar-refractivity contribution in [3.63, 3.8) is 0 Å². The lowest BCUT2D eigenvalue weighted by molar-refractivity contribution is -0.110. The van der Waals surface area contributed by atoms with Crippen LogP contribution in [0.25, 0.3) is 0 Å². The molecule has 0 radical (unpaired) electrons. The van der Waals surface area contributed by atoms with Gasteiger partial charge in [0.2, 0.25) is 0 Å². The number of nitrogens with one attached hydrogen (secondary N) is 2. The topological polar surface area (TPSA) is 58.2 Å². The molecular weight excluding hydrogens is 244 g/mol. The van der Waals surface area contributed by atoms with Crippen molar-refractivity contribution < 1.29 is 9.59 Å². The third kappa shape index (κ3) is 5.34. The molecule has 0 aromatic heterocycles. The molecule has 4 nitrogen and oxygen atoms in total. The molecule has 0 heterocycles. The van der Waals surface area contributed by atoms with Gasteiger partial charge in [0.05, 0.1) is 12.1 Å². The summed E-state index contributed by atoms with van der Waals surface area (Å²) in [4.78, 5) is 21.4. The summed E-state index contributed by atoms with van der Waals surface area (Å²) in [7, 11) is 6.75. The van der Waals surface area contributed by atoms with Gasteiger partial charge in [-0.05, 0) is 27.9 Å². The Morgan fingerprint density at radius 2 is 1.81 bits per heavy atom. The molecule has 0 rings (SSSR count). The second-order valence-corrected chi connectivity index (χ2v) is 6.90. The van der Waals surface area contributed by atoms with Gasteiger partial charge in [0.25, 0.3) is 0 Å². The summed E-state index contributed by atoms with van der Waals surface area (Å²) in [5, 5.41) is 5.88. The van der Waals surface area contributed by atoms with Gasteiger partial charge in [-0.1, -0.05) is 21.6 Å². The molecule has 0 aliphatic carbocycles.